The second-order valence-electron chi connectivity index (χ2n) is 7.24. The van der Waals surface area contributed by atoms with Gasteiger partial charge in [-0.1, -0.05) is 12.1 Å². The second kappa shape index (κ2) is 8.10. The van der Waals surface area contributed by atoms with Crippen LogP contribution in [0.3, 0.4) is 0 Å². The summed E-state index contributed by atoms with van der Waals surface area (Å²) in [6.45, 7) is 2.43. The van der Waals surface area contributed by atoms with Gasteiger partial charge in [-0.15, -0.1) is 0 Å². The van der Waals surface area contributed by atoms with Gasteiger partial charge in [-0.25, -0.2) is 22.3 Å². The number of aromatic nitrogens is 2. The number of hydrogen-bond acceptors (Lipinski definition) is 4. The summed E-state index contributed by atoms with van der Waals surface area (Å²) in [5, 5.41) is 0. The third kappa shape index (κ3) is 4.26. The molecule has 0 bridgehead atoms. The zero-order valence-corrected chi connectivity index (χ0v) is 16.7. The van der Waals surface area contributed by atoms with E-state index < -0.39 is 15.8 Å². The predicted molar refractivity (Wildman–Crippen MR) is 109 cm³/mol. The van der Waals surface area contributed by atoms with Crippen molar-refractivity contribution in [3.05, 3.63) is 64.8 Å². The van der Waals surface area contributed by atoms with Crippen LogP contribution in [0.25, 0.3) is 11.0 Å². The Morgan fingerprint density at radius 3 is 2.48 bits per heavy atom. The molecule has 2 N–H and O–H groups in total. The van der Waals surface area contributed by atoms with Crippen LogP contribution in [0.5, 0.6) is 0 Å². The molecule has 29 heavy (non-hydrogen) atoms. The Kier molecular flexibility index (Phi) is 5.53. The summed E-state index contributed by atoms with van der Waals surface area (Å²) in [4.78, 5) is 17.5. The quantitative estimate of drug-likeness (QED) is 0.642. The number of para-hydroxylation sites is 2. The molecule has 1 aliphatic heterocycles. The van der Waals surface area contributed by atoms with Crippen molar-refractivity contribution in [1.82, 2.24) is 19.2 Å². The molecule has 0 atom stereocenters. The lowest BCUT2D eigenvalue weighted by Gasteiger charge is -2.32. The van der Waals surface area contributed by atoms with Gasteiger partial charge in [0.05, 0.1) is 15.9 Å². The van der Waals surface area contributed by atoms with Gasteiger partial charge < -0.3 is 9.88 Å². The van der Waals surface area contributed by atoms with Crippen LogP contribution in [-0.4, -0.2) is 49.0 Å². The van der Waals surface area contributed by atoms with Crippen molar-refractivity contribution >= 4 is 21.1 Å². The Bertz CT molecular complexity index is 1150. The molecular weight excluding hydrogens is 395 g/mol. The molecule has 1 fully saturated rings. The van der Waals surface area contributed by atoms with Gasteiger partial charge in [-0.05, 0) is 49.2 Å². The van der Waals surface area contributed by atoms with E-state index in [9.17, 15) is 17.6 Å². The number of H-pyrrole nitrogens is 1. The smallest absolute Gasteiger partial charge is 0.306 e. The lowest BCUT2D eigenvalue weighted by molar-refractivity contribution is 0.190. The molecule has 0 aliphatic carbocycles. The fraction of sp³-hybridized carbons (Fsp3) is 0.350. The van der Waals surface area contributed by atoms with Crippen LogP contribution in [0, 0.1) is 5.82 Å². The number of halogens is 1. The molecule has 2 heterocycles. The summed E-state index contributed by atoms with van der Waals surface area (Å²) in [6, 6.07) is 12.6. The van der Waals surface area contributed by atoms with Crippen LogP contribution in [-0.2, 0) is 10.0 Å². The average molecular weight is 418 g/mol. The molecule has 0 radical (unpaired) electrons. The first kappa shape index (κ1) is 19.8. The van der Waals surface area contributed by atoms with Crippen LogP contribution < -0.4 is 10.4 Å². The molecule has 0 saturated carbocycles. The van der Waals surface area contributed by atoms with Gasteiger partial charge in [0, 0.05) is 32.2 Å². The summed E-state index contributed by atoms with van der Waals surface area (Å²) in [5.74, 6) is -0.471. The summed E-state index contributed by atoms with van der Waals surface area (Å²) in [6.07, 6.45) is 1.65. The molecule has 0 unspecified atom stereocenters. The number of nitrogens with zero attached hydrogens (tertiary/aromatic N) is 2. The Morgan fingerprint density at radius 2 is 1.76 bits per heavy atom. The summed E-state index contributed by atoms with van der Waals surface area (Å²) in [7, 11) is -3.65. The summed E-state index contributed by atoms with van der Waals surface area (Å²) in [5.41, 5.74) is 1.68. The first-order valence-electron chi connectivity index (χ1n) is 9.61. The van der Waals surface area contributed by atoms with Gasteiger partial charge in [-0.2, -0.15) is 0 Å². The fourth-order valence-corrected chi connectivity index (χ4v) is 4.89. The van der Waals surface area contributed by atoms with Crippen molar-refractivity contribution in [2.45, 2.75) is 23.8 Å². The zero-order valence-electron chi connectivity index (χ0n) is 15.8. The maximum Gasteiger partial charge on any atom is 0.326 e. The van der Waals surface area contributed by atoms with Gasteiger partial charge in [-0.3, -0.25) is 4.57 Å². The molecule has 154 valence electrons. The number of rotatable bonds is 6. The minimum atomic E-state index is -3.65. The highest BCUT2D eigenvalue weighted by molar-refractivity contribution is 7.89. The van der Waals surface area contributed by atoms with Crippen molar-refractivity contribution in [3.8, 4) is 0 Å². The number of likely N-dealkylation sites (tertiary alicyclic amines) is 1. The molecule has 1 aromatic heterocycles. The maximum atomic E-state index is 13.0. The number of aromatic amines is 1. The predicted octanol–water partition coefficient (Wildman–Crippen LogP) is 2.08. The minimum Gasteiger partial charge on any atom is -0.306 e. The second-order valence-corrected chi connectivity index (χ2v) is 9.01. The van der Waals surface area contributed by atoms with Gasteiger partial charge in [0.15, 0.2) is 0 Å². The number of hydrogen-bond donors (Lipinski definition) is 2. The van der Waals surface area contributed by atoms with Crippen LogP contribution in [0.2, 0.25) is 0 Å². The van der Waals surface area contributed by atoms with E-state index in [0.29, 0.717) is 6.54 Å². The van der Waals surface area contributed by atoms with Gasteiger partial charge in [0.25, 0.3) is 0 Å². The summed E-state index contributed by atoms with van der Waals surface area (Å²) < 4.78 is 41.9. The summed E-state index contributed by atoms with van der Waals surface area (Å²) >= 11 is 0. The average Bonchev–Trinajstić information content (AvgIpc) is 3.04. The maximum absolute atomic E-state index is 13.0. The number of piperidine rings is 1. The Balaban J connectivity index is 1.32. The van der Waals surface area contributed by atoms with E-state index in [0.717, 1.165) is 49.1 Å². The molecule has 1 saturated heterocycles. The molecule has 3 aromatic rings. The Hall–Kier alpha value is -2.49. The largest absolute Gasteiger partial charge is 0.326 e. The SMILES string of the molecule is O=c1[nH]c2ccccc2n1C1CCN(CCNS(=O)(=O)c2ccc(F)cc2)CC1. The van der Waals surface area contributed by atoms with E-state index >= 15 is 0 Å². The highest BCUT2D eigenvalue weighted by Gasteiger charge is 2.23. The molecule has 7 nitrogen and oxygen atoms in total. The fourth-order valence-electron chi connectivity index (χ4n) is 3.87. The molecule has 0 spiro atoms. The van der Waals surface area contributed by atoms with Crippen LogP contribution >= 0.6 is 0 Å². The van der Waals surface area contributed by atoms with Crippen LogP contribution in [0.4, 0.5) is 4.39 Å². The van der Waals surface area contributed by atoms with E-state index in [1.54, 1.807) is 0 Å². The number of sulfonamides is 1. The monoisotopic (exact) mass is 418 g/mol. The number of fused-ring (bicyclic) bond motifs is 1. The molecule has 1 aliphatic rings. The first-order chi connectivity index (χ1) is 13.9. The standard InChI is InChI=1S/C20H23FN4O3S/c21-15-5-7-17(8-6-15)29(27,28)22-11-14-24-12-9-16(10-13-24)25-19-4-2-1-3-18(19)23-20(25)26/h1-8,16,22H,9-14H2,(H,23,26). The molecule has 0 amide bonds. The van der Waals surface area contributed by atoms with E-state index in [-0.39, 0.29) is 23.2 Å². The Morgan fingerprint density at radius 1 is 1.07 bits per heavy atom. The zero-order chi connectivity index (χ0) is 20.4. The molecular formula is C20H23FN4O3S. The third-order valence-corrected chi connectivity index (χ3v) is 6.87. The van der Waals surface area contributed by atoms with Crippen LogP contribution in [0.15, 0.2) is 58.2 Å². The van der Waals surface area contributed by atoms with Crippen molar-refractivity contribution in [1.29, 1.82) is 0 Å². The molecule has 2 aromatic carbocycles. The van der Waals surface area contributed by atoms with Crippen LogP contribution in [0.1, 0.15) is 18.9 Å². The van der Waals surface area contributed by atoms with Crippen molar-refractivity contribution in [2.75, 3.05) is 26.2 Å². The third-order valence-electron chi connectivity index (χ3n) is 5.39. The number of benzene rings is 2. The van der Waals surface area contributed by atoms with Crippen molar-refractivity contribution < 1.29 is 12.8 Å². The minimum absolute atomic E-state index is 0.0521. The van der Waals surface area contributed by atoms with E-state index in [1.807, 2.05) is 28.8 Å². The number of nitrogens with one attached hydrogen (secondary N) is 2. The normalized spacial score (nSPS) is 16.4. The lowest BCUT2D eigenvalue weighted by Crippen LogP contribution is -2.41. The lowest BCUT2D eigenvalue weighted by atomic mass is 10.0. The van der Waals surface area contributed by atoms with Gasteiger partial charge >= 0.3 is 5.69 Å². The highest BCUT2D eigenvalue weighted by atomic mass is 32.2. The first-order valence-corrected chi connectivity index (χ1v) is 11.1. The topological polar surface area (TPSA) is 87.2 Å². The Labute approximate surface area is 168 Å². The molecule has 4 rings (SSSR count). The van der Waals surface area contributed by atoms with Crippen molar-refractivity contribution in [3.63, 3.8) is 0 Å². The van der Waals surface area contributed by atoms with Gasteiger partial charge in [0.1, 0.15) is 5.82 Å². The van der Waals surface area contributed by atoms with E-state index in [1.165, 1.54) is 12.1 Å². The van der Waals surface area contributed by atoms with E-state index in [4.69, 9.17) is 0 Å². The van der Waals surface area contributed by atoms with E-state index in [2.05, 4.69) is 14.6 Å². The highest BCUT2D eigenvalue weighted by Crippen LogP contribution is 2.24. The molecule has 9 heteroatoms. The van der Waals surface area contributed by atoms with Crippen molar-refractivity contribution in [2.24, 2.45) is 0 Å². The number of imidazole rings is 1. The van der Waals surface area contributed by atoms with Gasteiger partial charge in [0.2, 0.25) is 10.0 Å².